The molecule has 8 aliphatic heterocycles. The Morgan fingerprint density at radius 2 is 0.702 bits per heavy atom. The van der Waals surface area contributed by atoms with Crippen molar-refractivity contribution in [3.05, 3.63) is 353 Å². The molecule has 0 amide bonds. The van der Waals surface area contributed by atoms with Crippen LogP contribution in [0.15, 0.2) is 338 Å². The van der Waals surface area contributed by atoms with Gasteiger partial charge in [0.15, 0.2) is 5.82 Å². The molecule has 0 atom stereocenters. The van der Waals surface area contributed by atoms with Gasteiger partial charge < -0.3 is 0 Å². The van der Waals surface area contributed by atoms with Gasteiger partial charge in [0.05, 0.1) is 74.8 Å². The van der Waals surface area contributed by atoms with Crippen LogP contribution in [0.25, 0.3) is 38.7 Å². The summed E-state index contributed by atoms with van der Waals surface area (Å²) in [5.41, 5.74) is 15.1. The standard InChI is InChI=1S/2C9H7N.C8H6N2.3C8H7N.5C7H6N2.11C2H6/c1-2-6-9-8(4-1)5-3-7-10-9;1-2-4-9-7-10-6-5-8(9)3-1;1-2-4-8-7(3-1)5-9-6-10-8;1-2-4-8-6-9-5-7(8)3-1;2*1-2-4-8-7(3-1)5-6-9-8;1-4-9-7-2-3-8-5-6(1)7;1-3-8-5-7-6(1)2-4-9-7;1-2-6-7(8-4-1)3-5-9-6;1-2-6-3-5-9-7(6)8-4-1;1-2-4-7-6(3-1)8-5-9-7;11*1-2/h2*1-7H;1-6H;1-5H,6H2;1-4,6H,5H2;1-5H,6H2;2-5H,1H2;1,3-5H,2H2;2*1-2,4-5H,3H2;1-4H,5H2;11*1-2H3. The van der Waals surface area contributed by atoms with Gasteiger partial charge in [-0.3, -0.25) is 64.9 Å². The van der Waals surface area contributed by atoms with E-state index < -0.39 is 0 Å². The zero-order valence-corrected chi connectivity index (χ0v) is 78.0. The molecule has 0 spiro atoms. The molecular weight excluding hydrogens is 1520 g/mol. The van der Waals surface area contributed by atoms with E-state index in [1.807, 2.05) is 390 Å². The Labute approximate surface area is 742 Å². The topological polar surface area (TPSA) is 214 Å². The maximum absolute atomic E-state index is 4.24. The highest BCUT2D eigenvalue weighted by atomic mass is 15.0. The second kappa shape index (κ2) is 73.5. The summed E-state index contributed by atoms with van der Waals surface area (Å²) < 4.78 is 0. The second-order valence-corrected chi connectivity index (χ2v) is 22.9. The van der Waals surface area contributed by atoms with Crippen LogP contribution in [0.3, 0.4) is 0 Å². The van der Waals surface area contributed by atoms with Crippen LogP contribution >= 0.6 is 0 Å². The van der Waals surface area contributed by atoms with Gasteiger partial charge in [-0.25, -0.2) is 19.9 Å². The van der Waals surface area contributed by atoms with Crippen LogP contribution in [0.5, 0.6) is 0 Å². The highest BCUT2D eigenvalue weighted by Gasteiger charge is 2.08. The summed E-state index contributed by atoms with van der Waals surface area (Å²) in [4.78, 5) is 69.5. The highest BCUT2D eigenvalue weighted by molar-refractivity contribution is 5.84. The van der Waals surface area contributed by atoms with Gasteiger partial charge >= 0.3 is 0 Å². The van der Waals surface area contributed by atoms with Crippen molar-refractivity contribution >= 4 is 105 Å². The molecule has 0 aliphatic carbocycles. The number of aromatic nitrogens is 8. The highest BCUT2D eigenvalue weighted by Crippen LogP contribution is 2.25. The molecule has 17 heteroatoms. The number of para-hydroxylation sites is 6. The van der Waals surface area contributed by atoms with Crippen molar-refractivity contribution in [1.29, 1.82) is 0 Å². The number of pyridine rings is 6. The summed E-state index contributed by atoms with van der Waals surface area (Å²) in [6.07, 6.45) is 38.0. The Kier molecular flexibility index (Phi) is 64.4. The molecule has 0 bridgehead atoms. The van der Waals surface area contributed by atoms with Crippen molar-refractivity contribution in [3.63, 3.8) is 0 Å². The van der Waals surface area contributed by atoms with Crippen molar-refractivity contribution in [2.45, 2.75) is 191 Å². The number of nitrogens with zero attached hydrogens (tertiary/aromatic N) is 17. The van der Waals surface area contributed by atoms with Crippen LogP contribution in [-0.4, -0.2) is 90.4 Å². The molecule has 0 saturated carbocycles. The molecular formula is C107H137N17. The van der Waals surface area contributed by atoms with E-state index in [0.717, 1.165) is 112 Å². The third kappa shape index (κ3) is 40.3. The average molecular weight is 1660 g/mol. The van der Waals surface area contributed by atoms with Crippen molar-refractivity contribution in [3.8, 4) is 0 Å². The van der Waals surface area contributed by atoms with Gasteiger partial charge in [-0.05, 0) is 117 Å². The quantitative estimate of drug-likeness (QED) is 0.142. The van der Waals surface area contributed by atoms with E-state index in [1.54, 1.807) is 37.3 Å². The van der Waals surface area contributed by atoms with Crippen LogP contribution in [0.2, 0.25) is 0 Å². The number of hydrogen-bond donors (Lipinski definition) is 0. The fourth-order valence-corrected chi connectivity index (χ4v) is 10.8. The summed E-state index contributed by atoms with van der Waals surface area (Å²) >= 11 is 0. The van der Waals surface area contributed by atoms with Gasteiger partial charge in [-0.1, -0.05) is 304 Å². The van der Waals surface area contributed by atoms with E-state index in [2.05, 4.69) is 145 Å². The number of aliphatic imine (C=N–C) groups is 6. The van der Waals surface area contributed by atoms with E-state index in [0.29, 0.717) is 6.67 Å². The van der Waals surface area contributed by atoms with Gasteiger partial charge in [0.2, 0.25) is 0 Å². The second-order valence-electron chi connectivity index (χ2n) is 22.9. The molecule has 0 saturated heterocycles. The minimum Gasteiger partial charge on any atom is -0.288 e. The lowest BCUT2D eigenvalue weighted by molar-refractivity contribution is 1.06. The fraction of sp³-hybridized carbons (Fsp3) is 0.280. The number of hydrogen-bond acceptors (Lipinski definition) is 17. The van der Waals surface area contributed by atoms with Gasteiger partial charge in [-0.2, -0.15) is 0 Å². The average Bonchev–Trinajstić information content (AvgIpc) is 1.38. The van der Waals surface area contributed by atoms with Gasteiger partial charge in [-0.15, -0.1) is 0 Å². The largest absolute Gasteiger partial charge is 0.288 e. The molecule has 17 nitrogen and oxygen atoms in total. The van der Waals surface area contributed by atoms with Crippen molar-refractivity contribution in [2.75, 3.05) is 13.2 Å². The van der Waals surface area contributed by atoms with Crippen LogP contribution in [0, 0.1) is 0 Å². The van der Waals surface area contributed by atoms with Gasteiger partial charge in [0.1, 0.15) is 13.0 Å². The SMILES string of the molecule is C1=NCc2ccccc21.C1=Nc2ccccc2C1.C1=Nc2cccnc2C1.C1=Nc2ccncc2C1.C1=Nc2cnccc2C1.C1=Nc2ncccc2C1.C1=c2ccccc2=NC1.CC.CC.CC.CC.CC.CC.CC.CC.CC.CC.CC.c1ccc2c(c1)=NCN=2.c1ccc2cnccc2c1.c1ccc2ncccc2c1.c1ccc2ncncc2c1. The van der Waals surface area contributed by atoms with E-state index in [1.165, 1.54) is 54.8 Å². The zero-order chi connectivity index (χ0) is 91.3. The molecule has 124 heavy (non-hydrogen) atoms. The van der Waals surface area contributed by atoms with E-state index in [9.17, 15) is 0 Å². The first-order valence-electron chi connectivity index (χ1n) is 44.4. The van der Waals surface area contributed by atoms with Crippen LogP contribution in [0.1, 0.15) is 191 Å². The predicted molar refractivity (Wildman–Crippen MR) is 538 cm³/mol. The summed E-state index contributed by atoms with van der Waals surface area (Å²) in [6, 6.07) is 74.6. The molecule has 0 N–H and O–H groups in total. The van der Waals surface area contributed by atoms with Crippen LogP contribution < -0.4 is 21.3 Å². The smallest absolute Gasteiger partial charge is 0.155 e. The van der Waals surface area contributed by atoms with Crippen LogP contribution in [-0.2, 0) is 38.6 Å². The molecule has 8 aliphatic rings. The van der Waals surface area contributed by atoms with E-state index in [4.69, 9.17) is 0 Å². The Bertz CT molecular complexity index is 4630. The first-order valence-corrected chi connectivity index (χ1v) is 44.4. The fourth-order valence-electron chi connectivity index (χ4n) is 10.8. The first-order chi connectivity index (χ1) is 61.6. The van der Waals surface area contributed by atoms with Crippen molar-refractivity contribution in [1.82, 2.24) is 39.9 Å². The van der Waals surface area contributed by atoms with E-state index >= 15 is 0 Å². The number of rotatable bonds is 0. The molecule has 22 rings (SSSR count). The third-order valence-electron chi connectivity index (χ3n) is 16.1. The Hall–Kier alpha value is -13.4. The molecule has 7 aromatic heterocycles. The Balaban J connectivity index is 0.000000667. The molecule has 14 aromatic rings. The molecule has 7 aromatic carbocycles. The maximum atomic E-state index is 4.24. The summed E-state index contributed by atoms with van der Waals surface area (Å²) in [5.74, 6) is 0.887. The van der Waals surface area contributed by atoms with Gasteiger partial charge in [0.25, 0.3) is 0 Å². The minimum atomic E-state index is 0.610. The Morgan fingerprint density at radius 3 is 1.32 bits per heavy atom. The molecule has 15 heterocycles. The lowest BCUT2D eigenvalue weighted by Crippen LogP contribution is -2.19. The molecule has 650 valence electrons. The van der Waals surface area contributed by atoms with E-state index in [-0.39, 0.29) is 0 Å². The monoisotopic (exact) mass is 1660 g/mol. The summed E-state index contributed by atoms with van der Waals surface area (Å²) in [5, 5.41) is 9.20. The predicted octanol–water partition coefficient (Wildman–Crippen LogP) is 26.3. The molecule has 0 unspecified atom stereocenters. The summed E-state index contributed by atoms with van der Waals surface area (Å²) in [7, 11) is 0. The maximum Gasteiger partial charge on any atom is 0.155 e. The van der Waals surface area contributed by atoms with Gasteiger partial charge in [0, 0.05) is 147 Å². The lowest BCUT2D eigenvalue weighted by atomic mass is 10.1. The lowest BCUT2D eigenvalue weighted by Gasteiger charge is -1.91. The minimum absolute atomic E-state index is 0.610. The molecule has 0 fully saturated rings. The summed E-state index contributed by atoms with van der Waals surface area (Å²) in [6.45, 7) is 46.3. The van der Waals surface area contributed by atoms with Crippen LogP contribution in [0.4, 0.5) is 28.6 Å². The zero-order valence-electron chi connectivity index (χ0n) is 78.0. The Morgan fingerprint density at radius 1 is 0.258 bits per heavy atom. The number of benzene rings is 7. The third-order valence-corrected chi connectivity index (χ3v) is 16.1. The number of fused-ring (bicyclic) bond motifs is 11. The normalized spacial score (nSPS) is 11.0. The van der Waals surface area contributed by atoms with Crippen molar-refractivity contribution < 1.29 is 0 Å². The van der Waals surface area contributed by atoms with Crippen molar-refractivity contribution in [2.24, 2.45) is 44.9 Å². The molecule has 0 radical (unpaired) electrons. The first kappa shape index (κ1) is 109.